The number of unbranched alkanes of at least 4 members (excludes halogenated alkanes) is 1. The molecule has 1 aliphatic heterocycles. The number of halogens is 1. The van der Waals surface area contributed by atoms with Gasteiger partial charge in [-0.25, -0.2) is 0 Å². The van der Waals surface area contributed by atoms with Crippen molar-refractivity contribution >= 4 is 23.4 Å². The molecule has 196 valence electrons. The molecule has 0 radical (unpaired) electrons. The van der Waals surface area contributed by atoms with Crippen molar-refractivity contribution in [3.05, 3.63) is 94.0 Å². The van der Waals surface area contributed by atoms with Crippen LogP contribution >= 0.6 is 11.6 Å². The van der Waals surface area contributed by atoms with Crippen LogP contribution < -0.4 is 10.6 Å². The van der Waals surface area contributed by atoms with Crippen molar-refractivity contribution in [1.29, 1.82) is 5.26 Å². The van der Waals surface area contributed by atoms with Crippen LogP contribution in [0.3, 0.4) is 0 Å². The molecule has 2 amide bonds. The van der Waals surface area contributed by atoms with Crippen LogP contribution in [0.25, 0.3) is 11.1 Å². The van der Waals surface area contributed by atoms with Crippen LogP contribution in [0.1, 0.15) is 58.0 Å². The molecule has 3 aromatic rings. The molecule has 38 heavy (non-hydrogen) atoms. The number of nitriles is 1. The summed E-state index contributed by atoms with van der Waals surface area (Å²) in [6.07, 6.45) is 3.42. The number of nitrogens with one attached hydrogen (secondary N) is 2. The Hall–Kier alpha value is -3.66. The molecule has 1 fully saturated rings. The Balaban J connectivity index is 1.62. The monoisotopic (exact) mass is 528 g/mol. The molecule has 0 spiro atoms. The predicted molar refractivity (Wildman–Crippen MR) is 151 cm³/mol. The first-order valence-corrected chi connectivity index (χ1v) is 13.5. The number of hydrogen-bond acceptors (Lipinski definition) is 4. The lowest BCUT2D eigenvalue weighted by Gasteiger charge is -2.22. The Kier molecular flexibility index (Phi) is 9.17. The molecule has 0 unspecified atom stereocenters. The van der Waals surface area contributed by atoms with Gasteiger partial charge in [0.2, 0.25) is 0 Å². The number of carbonyl (C=O) groups excluding carboxylic acids is 2. The van der Waals surface area contributed by atoms with Crippen LogP contribution in [0, 0.1) is 11.3 Å². The third-order valence-corrected chi connectivity index (χ3v) is 7.24. The molecule has 1 saturated heterocycles. The van der Waals surface area contributed by atoms with Crippen LogP contribution in [0.2, 0.25) is 5.02 Å². The van der Waals surface area contributed by atoms with Crippen LogP contribution in [0.15, 0.2) is 66.7 Å². The van der Waals surface area contributed by atoms with Gasteiger partial charge < -0.3 is 15.5 Å². The Morgan fingerprint density at radius 1 is 1.11 bits per heavy atom. The van der Waals surface area contributed by atoms with Gasteiger partial charge in [0.15, 0.2) is 0 Å². The van der Waals surface area contributed by atoms with E-state index in [1.54, 1.807) is 42.3 Å². The molecule has 2 N–H and O–H groups in total. The summed E-state index contributed by atoms with van der Waals surface area (Å²) >= 11 is 6.17. The van der Waals surface area contributed by atoms with Crippen molar-refractivity contribution in [3.8, 4) is 17.2 Å². The molecule has 4 rings (SSSR count). The molecule has 0 aromatic heterocycles. The predicted octanol–water partition coefficient (Wildman–Crippen LogP) is 5.45. The molecule has 2 atom stereocenters. The number of hydrogen-bond donors (Lipinski definition) is 2. The van der Waals surface area contributed by atoms with Crippen molar-refractivity contribution in [1.82, 2.24) is 15.5 Å². The summed E-state index contributed by atoms with van der Waals surface area (Å²) in [6, 6.07) is 22.4. The molecule has 0 aliphatic carbocycles. The van der Waals surface area contributed by atoms with E-state index in [2.05, 4.69) is 23.6 Å². The number of amides is 2. The standard InChI is InChI=1S/C31H33ClN4O2/c1-3-4-14-36(2)31(38)25-18-23(27-11-6-5-9-22(27)20-33)17-24(19-25)30(37)35-28-12-13-34-29(28)16-21-8-7-10-26(32)15-21/h5-11,15,17-19,28-29,34H,3-4,12-14,16H2,1-2H3,(H,35,37)/t28-,29-/m1/s1. The molecule has 0 saturated carbocycles. The maximum atomic E-state index is 13.6. The van der Waals surface area contributed by atoms with Crippen LogP contribution in [0.4, 0.5) is 0 Å². The summed E-state index contributed by atoms with van der Waals surface area (Å²) in [5.41, 5.74) is 3.78. The second kappa shape index (κ2) is 12.7. The van der Waals surface area contributed by atoms with E-state index < -0.39 is 0 Å². The average molecular weight is 529 g/mol. The lowest BCUT2D eigenvalue weighted by molar-refractivity contribution is 0.0793. The van der Waals surface area contributed by atoms with Gasteiger partial charge in [0.05, 0.1) is 11.6 Å². The van der Waals surface area contributed by atoms with Crippen molar-refractivity contribution in [2.45, 2.75) is 44.7 Å². The van der Waals surface area contributed by atoms with Crippen molar-refractivity contribution in [2.24, 2.45) is 0 Å². The van der Waals surface area contributed by atoms with Crippen molar-refractivity contribution in [3.63, 3.8) is 0 Å². The van der Waals surface area contributed by atoms with E-state index in [0.717, 1.165) is 37.8 Å². The fourth-order valence-corrected chi connectivity index (χ4v) is 5.12. The number of benzene rings is 3. The minimum Gasteiger partial charge on any atom is -0.348 e. The Bertz CT molecular complexity index is 1350. The van der Waals surface area contributed by atoms with E-state index in [1.165, 1.54) is 0 Å². The minimum absolute atomic E-state index is 0.0667. The zero-order valence-corrected chi connectivity index (χ0v) is 22.6. The van der Waals surface area contributed by atoms with Gasteiger partial charge in [-0.3, -0.25) is 9.59 Å². The molecule has 1 aliphatic rings. The van der Waals surface area contributed by atoms with E-state index in [9.17, 15) is 14.9 Å². The fraction of sp³-hybridized carbons (Fsp3) is 0.323. The number of rotatable bonds is 9. The van der Waals surface area contributed by atoms with E-state index in [-0.39, 0.29) is 23.9 Å². The smallest absolute Gasteiger partial charge is 0.253 e. The Morgan fingerprint density at radius 3 is 2.66 bits per heavy atom. The highest BCUT2D eigenvalue weighted by Crippen LogP contribution is 2.27. The third kappa shape index (κ3) is 6.61. The molecule has 7 heteroatoms. The first-order chi connectivity index (χ1) is 18.4. The summed E-state index contributed by atoms with van der Waals surface area (Å²) in [5, 5.41) is 17.0. The summed E-state index contributed by atoms with van der Waals surface area (Å²) in [6.45, 7) is 3.52. The zero-order valence-electron chi connectivity index (χ0n) is 21.8. The normalized spacial score (nSPS) is 16.6. The van der Waals surface area contributed by atoms with Gasteiger partial charge in [-0.05, 0) is 78.9 Å². The highest BCUT2D eigenvalue weighted by Gasteiger charge is 2.29. The Labute approximate surface area is 229 Å². The lowest BCUT2D eigenvalue weighted by atomic mass is 9.95. The molecule has 0 bridgehead atoms. The summed E-state index contributed by atoms with van der Waals surface area (Å²) < 4.78 is 0. The van der Waals surface area contributed by atoms with Crippen molar-refractivity contribution in [2.75, 3.05) is 20.1 Å². The maximum Gasteiger partial charge on any atom is 0.253 e. The Morgan fingerprint density at radius 2 is 1.89 bits per heavy atom. The third-order valence-electron chi connectivity index (χ3n) is 7.00. The number of nitrogens with zero attached hydrogens (tertiary/aromatic N) is 2. The molecular formula is C31H33ClN4O2. The minimum atomic E-state index is -0.239. The van der Waals surface area contributed by atoms with Gasteiger partial charge >= 0.3 is 0 Å². The van der Waals surface area contributed by atoms with Gasteiger partial charge in [0, 0.05) is 41.8 Å². The SMILES string of the molecule is CCCCN(C)C(=O)c1cc(C(=O)N[C@@H]2CCN[C@@H]2Cc2cccc(Cl)c2)cc(-c2ccccc2C#N)c1. The second-order valence-electron chi connectivity index (χ2n) is 9.80. The zero-order chi connectivity index (χ0) is 27.1. The molecule has 6 nitrogen and oxygen atoms in total. The largest absolute Gasteiger partial charge is 0.348 e. The topological polar surface area (TPSA) is 85.2 Å². The van der Waals surface area contributed by atoms with Gasteiger partial charge in [-0.15, -0.1) is 0 Å². The lowest BCUT2D eigenvalue weighted by Crippen LogP contribution is -2.44. The van der Waals surface area contributed by atoms with Crippen LogP contribution in [0.5, 0.6) is 0 Å². The number of carbonyl (C=O) groups is 2. The average Bonchev–Trinajstić information content (AvgIpc) is 3.36. The van der Waals surface area contributed by atoms with Gasteiger partial charge in [0.1, 0.15) is 0 Å². The van der Waals surface area contributed by atoms with E-state index in [0.29, 0.717) is 39.4 Å². The van der Waals surface area contributed by atoms with Crippen LogP contribution in [-0.4, -0.2) is 48.9 Å². The molecule has 1 heterocycles. The second-order valence-corrected chi connectivity index (χ2v) is 10.2. The maximum absolute atomic E-state index is 13.6. The molecule has 3 aromatic carbocycles. The summed E-state index contributed by atoms with van der Waals surface area (Å²) in [7, 11) is 1.78. The fourth-order valence-electron chi connectivity index (χ4n) is 4.91. The summed E-state index contributed by atoms with van der Waals surface area (Å²) in [4.78, 5) is 28.5. The highest BCUT2D eigenvalue weighted by atomic mass is 35.5. The van der Waals surface area contributed by atoms with E-state index >= 15 is 0 Å². The van der Waals surface area contributed by atoms with Gasteiger partial charge in [-0.2, -0.15) is 5.26 Å². The quantitative estimate of drug-likeness (QED) is 0.386. The van der Waals surface area contributed by atoms with Crippen molar-refractivity contribution < 1.29 is 9.59 Å². The summed E-state index contributed by atoms with van der Waals surface area (Å²) in [5.74, 6) is -0.388. The van der Waals surface area contributed by atoms with Gasteiger partial charge in [0.25, 0.3) is 11.8 Å². The first kappa shape index (κ1) is 27.4. The van der Waals surface area contributed by atoms with E-state index in [4.69, 9.17) is 11.6 Å². The molecular weight excluding hydrogens is 496 g/mol. The van der Waals surface area contributed by atoms with Crippen LogP contribution in [-0.2, 0) is 6.42 Å². The highest BCUT2D eigenvalue weighted by molar-refractivity contribution is 6.30. The van der Waals surface area contributed by atoms with Gasteiger partial charge in [-0.1, -0.05) is 55.3 Å². The first-order valence-electron chi connectivity index (χ1n) is 13.1. The van der Waals surface area contributed by atoms with E-state index in [1.807, 2.05) is 36.4 Å².